The Bertz CT molecular complexity index is 1360. The minimum atomic E-state index is -0.156. The number of pyridine rings is 1. The molecule has 0 fully saturated rings. The summed E-state index contributed by atoms with van der Waals surface area (Å²) in [5.41, 5.74) is 4.30. The van der Waals surface area contributed by atoms with Gasteiger partial charge >= 0.3 is 0 Å². The molecule has 0 radical (unpaired) electrons. The number of benzene rings is 4. The number of rotatable bonds is 2. The lowest BCUT2D eigenvalue weighted by Gasteiger charge is -2.11. The van der Waals surface area contributed by atoms with E-state index in [-0.39, 0.29) is 6.23 Å². The van der Waals surface area contributed by atoms with E-state index in [0.717, 1.165) is 33.6 Å². The molecule has 0 saturated carbocycles. The number of ether oxygens (including phenoxy) is 1. The summed E-state index contributed by atoms with van der Waals surface area (Å²) in [6, 6.07) is 31.4. The zero-order valence-electron chi connectivity index (χ0n) is 15.7. The number of hydrogen-bond acceptors (Lipinski definition) is 3. The molecule has 0 bridgehead atoms. The van der Waals surface area contributed by atoms with Crippen molar-refractivity contribution in [3.05, 3.63) is 103 Å². The summed E-state index contributed by atoms with van der Waals surface area (Å²) in [6.07, 6.45) is 1.72. The minimum Gasteiger partial charge on any atom is -0.464 e. The number of nitrogens with one attached hydrogen (secondary N) is 1. The second-order valence-corrected chi connectivity index (χ2v) is 7.31. The van der Waals surface area contributed by atoms with E-state index in [2.05, 4.69) is 77.0 Å². The highest BCUT2D eigenvalue weighted by Gasteiger charge is 2.25. The van der Waals surface area contributed by atoms with Crippen LogP contribution in [0, 0.1) is 0 Å². The SMILES string of the molecule is c1ccc(C2Nc3c(ccc4cc(-c5nccc6ccccc56)ccc34)O2)cc1. The van der Waals surface area contributed by atoms with Gasteiger partial charge in [0.25, 0.3) is 0 Å². The number of aromatic nitrogens is 1. The van der Waals surface area contributed by atoms with Crippen molar-refractivity contribution in [3.8, 4) is 17.0 Å². The van der Waals surface area contributed by atoms with E-state index < -0.39 is 0 Å². The van der Waals surface area contributed by atoms with Crippen molar-refractivity contribution in [2.45, 2.75) is 6.23 Å². The fourth-order valence-corrected chi connectivity index (χ4v) is 4.12. The molecule has 1 unspecified atom stereocenters. The second-order valence-electron chi connectivity index (χ2n) is 7.31. The van der Waals surface area contributed by atoms with E-state index in [1.165, 1.54) is 16.2 Å². The molecule has 0 saturated heterocycles. The van der Waals surface area contributed by atoms with Crippen molar-refractivity contribution in [2.75, 3.05) is 5.32 Å². The lowest BCUT2D eigenvalue weighted by molar-refractivity contribution is 0.260. The van der Waals surface area contributed by atoms with Crippen LogP contribution < -0.4 is 10.1 Å². The molecule has 29 heavy (non-hydrogen) atoms. The maximum absolute atomic E-state index is 6.15. The third-order valence-corrected chi connectivity index (χ3v) is 5.55. The van der Waals surface area contributed by atoms with Gasteiger partial charge < -0.3 is 10.1 Å². The van der Waals surface area contributed by atoms with Crippen molar-refractivity contribution in [3.63, 3.8) is 0 Å². The van der Waals surface area contributed by atoms with E-state index in [1.807, 2.05) is 30.5 Å². The fourth-order valence-electron chi connectivity index (χ4n) is 4.12. The molecule has 138 valence electrons. The molecule has 2 heterocycles. The van der Waals surface area contributed by atoms with E-state index in [4.69, 9.17) is 4.74 Å². The smallest absolute Gasteiger partial charge is 0.196 e. The molecule has 6 rings (SSSR count). The zero-order chi connectivity index (χ0) is 19.2. The first-order valence-electron chi connectivity index (χ1n) is 9.76. The molecule has 0 aliphatic carbocycles. The molecule has 1 aromatic heterocycles. The highest BCUT2D eigenvalue weighted by Crippen LogP contribution is 2.43. The lowest BCUT2D eigenvalue weighted by Crippen LogP contribution is -2.09. The third kappa shape index (κ3) is 2.63. The Morgan fingerprint density at radius 3 is 2.52 bits per heavy atom. The van der Waals surface area contributed by atoms with Crippen molar-refractivity contribution in [1.82, 2.24) is 4.98 Å². The highest BCUT2D eigenvalue weighted by atomic mass is 16.5. The Kier molecular flexibility index (Phi) is 3.53. The topological polar surface area (TPSA) is 34.2 Å². The van der Waals surface area contributed by atoms with E-state index >= 15 is 0 Å². The highest BCUT2D eigenvalue weighted by molar-refractivity contribution is 6.02. The normalized spacial score (nSPS) is 15.1. The molecule has 1 aliphatic rings. The van der Waals surface area contributed by atoms with E-state index in [0.29, 0.717) is 0 Å². The van der Waals surface area contributed by atoms with Crippen molar-refractivity contribution in [2.24, 2.45) is 0 Å². The van der Waals surface area contributed by atoms with Crippen LogP contribution in [0.15, 0.2) is 97.2 Å². The summed E-state index contributed by atoms with van der Waals surface area (Å²) in [5.74, 6) is 0.891. The summed E-state index contributed by atoms with van der Waals surface area (Å²) in [5, 5.41) is 8.24. The second kappa shape index (κ2) is 6.35. The number of anilines is 1. The van der Waals surface area contributed by atoms with Crippen LogP contribution in [0.3, 0.4) is 0 Å². The van der Waals surface area contributed by atoms with Crippen molar-refractivity contribution in [1.29, 1.82) is 0 Å². The largest absolute Gasteiger partial charge is 0.464 e. The standard InChI is InChI=1S/C26H18N2O/c1-2-7-18(8-3-1)26-28-25-22-12-10-20(16-19(22)11-13-23(25)29-26)24-21-9-5-4-6-17(21)14-15-27-24/h1-16,26,28H. The molecule has 1 atom stereocenters. The molecule has 3 heteroatoms. The Morgan fingerprint density at radius 2 is 1.59 bits per heavy atom. The van der Waals surface area contributed by atoms with Crippen LogP contribution in [-0.2, 0) is 0 Å². The molecule has 3 nitrogen and oxygen atoms in total. The van der Waals surface area contributed by atoms with Crippen molar-refractivity contribution < 1.29 is 4.74 Å². The van der Waals surface area contributed by atoms with Crippen LogP contribution in [-0.4, -0.2) is 4.98 Å². The Labute approximate surface area is 168 Å². The van der Waals surface area contributed by atoms with Gasteiger partial charge in [-0.15, -0.1) is 0 Å². The molecular weight excluding hydrogens is 356 g/mol. The summed E-state index contributed by atoms with van der Waals surface area (Å²) in [4.78, 5) is 4.67. The van der Waals surface area contributed by atoms with Crippen LogP contribution in [0.25, 0.3) is 32.8 Å². The number of nitrogens with zero attached hydrogens (tertiary/aromatic N) is 1. The molecule has 4 aromatic carbocycles. The lowest BCUT2D eigenvalue weighted by atomic mass is 10.00. The monoisotopic (exact) mass is 374 g/mol. The average Bonchev–Trinajstić information content (AvgIpc) is 3.24. The summed E-state index contributed by atoms with van der Waals surface area (Å²) in [6.45, 7) is 0. The first-order valence-corrected chi connectivity index (χ1v) is 9.76. The van der Waals surface area contributed by atoms with Gasteiger partial charge in [-0.05, 0) is 29.0 Å². The number of fused-ring (bicyclic) bond motifs is 4. The maximum atomic E-state index is 6.15. The molecule has 1 aliphatic heterocycles. The molecular formula is C26H18N2O. The van der Waals surface area contributed by atoms with Gasteiger partial charge in [0.05, 0.1) is 11.4 Å². The Balaban J connectivity index is 1.44. The van der Waals surface area contributed by atoms with Crippen LogP contribution >= 0.6 is 0 Å². The maximum Gasteiger partial charge on any atom is 0.196 e. The van der Waals surface area contributed by atoms with E-state index in [9.17, 15) is 0 Å². The van der Waals surface area contributed by atoms with Gasteiger partial charge in [0, 0.05) is 28.1 Å². The molecule has 1 N–H and O–H groups in total. The van der Waals surface area contributed by atoms with Gasteiger partial charge in [-0.25, -0.2) is 0 Å². The van der Waals surface area contributed by atoms with Crippen LogP contribution in [0.4, 0.5) is 5.69 Å². The molecule has 0 spiro atoms. The molecule has 0 amide bonds. The Morgan fingerprint density at radius 1 is 0.724 bits per heavy atom. The van der Waals surface area contributed by atoms with Crippen LogP contribution in [0.5, 0.6) is 5.75 Å². The predicted octanol–water partition coefficient (Wildman–Crippen LogP) is 6.56. The van der Waals surface area contributed by atoms with Crippen LogP contribution in [0.2, 0.25) is 0 Å². The van der Waals surface area contributed by atoms with Crippen molar-refractivity contribution >= 4 is 27.2 Å². The van der Waals surface area contributed by atoms with E-state index in [1.54, 1.807) is 0 Å². The summed E-state index contributed by atoms with van der Waals surface area (Å²) >= 11 is 0. The van der Waals surface area contributed by atoms with Gasteiger partial charge in [-0.2, -0.15) is 0 Å². The fraction of sp³-hybridized carbons (Fsp3) is 0.0385. The first-order chi connectivity index (χ1) is 14.4. The first kappa shape index (κ1) is 16.1. The van der Waals surface area contributed by atoms with Gasteiger partial charge in [0.1, 0.15) is 5.75 Å². The summed E-state index contributed by atoms with van der Waals surface area (Å²) in [7, 11) is 0. The van der Waals surface area contributed by atoms with Gasteiger partial charge in [-0.1, -0.05) is 72.8 Å². The minimum absolute atomic E-state index is 0.156. The average molecular weight is 374 g/mol. The predicted molar refractivity (Wildman–Crippen MR) is 118 cm³/mol. The van der Waals surface area contributed by atoms with Crippen LogP contribution in [0.1, 0.15) is 11.8 Å². The number of hydrogen-bond donors (Lipinski definition) is 1. The van der Waals surface area contributed by atoms with Gasteiger partial charge in [-0.3, -0.25) is 4.98 Å². The Hall–Kier alpha value is -3.85. The van der Waals surface area contributed by atoms with Gasteiger partial charge in [0.2, 0.25) is 0 Å². The quantitative estimate of drug-likeness (QED) is 0.380. The summed E-state index contributed by atoms with van der Waals surface area (Å²) < 4.78 is 6.15. The third-order valence-electron chi connectivity index (χ3n) is 5.55. The molecule has 5 aromatic rings. The van der Waals surface area contributed by atoms with Gasteiger partial charge in [0.15, 0.2) is 6.23 Å². The zero-order valence-corrected chi connectivity index (χ0v) is 15.7.